The third-order valence-corrected chi connectivity index (χ3v) is 7.96. The molecule has 2 fully saturated rings. The highest BCUT2D eigenvalue weighted by Crippen LogP contribution is 2.27. The Morgan fingerprint density at radius 1 is 1.10 bits per heavy atom. The van der Waals surface area contributed by atoms with E-state index in [2.05, 4.69) is 10.00 Å². The summed E-state index contributed by atoms with van der Waals surface area (Å²) in [5.74, 6) is 0.309. The van der Waals surface area contributed by atoms with Crippen LogP contribution in [0.4, 0.5) is 5.69 Å². The molecule has 1 atom stereocenters. The van der Waals surface area contributed by atoms with Gasteiger partial charge in [-0.15, -0.1) is 0 Å². The molecule has 0 radical (unpaired) electrons. The van der Waals surface area contributed by atoms with Gasteiger partial charge in [-0.1, -0.05) is 0 Å². The highest BCUT2D eigenvalue weighted by molar-refractivity contribution is 7.91. The summed E-state index contributed by atoms with van der Waals surface area (Å²) in [6.45, 7) is 5.99. The summed E-state index contributed by atoms with van der Waals surface area (Å²) in [6, 6.07) is 7.73. The summed E-state index contributed by atoms with van der Waals surface area (Å²) >= 11 is 0. The van der Waals surface area contributed by atoms with Crippen molar-refractivity contribution >= 4 is 27.4 Å². The van der Waals surface area contributed by atoms with Gasteiger partial charge in [-0.25, -0.2) is 8.42 Å². The zero-order valence-corrected chi connectivity index (χ0v) is 18.5. The molecule has 0 aliphatic carbocycles. The number of aryl methyl sites for hydroxylation is 1. The summed E-state index contributed by atoms with van der Waals surface area (Å²) in [5, 5.41) is 4.56. The number of anilines is 1. The standard InChI is InChI=1S/C23H29N3O3S/c1-17-22(18(2)26(24-17)21-12-15-30(28,29)16-21)10-11-23(27)19-6-8-20(9-7-19)25-13-4-3-5-14-25/h6-11,21H,3-5,12-16H2,1-2H3/b11-10+/t21-/m1/s1. The quantitative estimate of drug-likeness (QED) is 0.537. The molecule has 160 valence electrons. The number of hydrogen-bond donors (Lipinski definition) is 0. The minimum absolute atomic E-state index is 0.0461. The van der Waals surface area contributed by atoms with Crippen LogP contribution in [-0.4, -0.2) is 48.6 Å². The molecule has 2 aromatic rings. The van der Waals surface area contributed by atoms with Crippen molar-refractivity contribution in [3.05, 3.63) is 52.9 Å². The second-order valence-corrected chi connectivity index (χ2v) is 10.6. The molecular formula is C23H29N3O3S. The normalized spacial score (nSPS) is 21.4. The molecule has 7 heteroatoms. The summed E-state index contributed by atoms with van der Waals surface area (Å²) in [4.78, 5) is 15.0. The molecule has 0 unspecified atom stereocenters. The molecule has 0 bridgehead atoms. The van der Waals surface area contributed by atoms with Gasteiger partial charge in [0.15, 0.2) is 15.6 Å². The maximum absolute atomic E-state index is 12.7. The number of aromatic nitrogens is 2. The molecule has 6 nitrogen and oxygen atoms in total. The largest absolute Gasteiger partial charge is 0.372 e. The van der Waals surface area contributed by atoms with Gasteiger partial charge in [0.05, 0.1) is 23.2 Å². The Morgan fingerprint density at radius 2 is 1.80 bits per heavy atom. The first-order valence-electron chi connectivity index (χ1n) is 10.7. The minimum atomic E-state index is -2.97. The number of ketones is 1. The van der Waals surface area contributed by atoms with Crippen LogP contribution in [0.15, 0.2) is 30.3 Å². The number of carbonyl (C=O) groups is 1. The van der Waals surface area contributed by atoms with E-state index in [1.54, 1.807) is 12.2 Å². The van der Waals surface area contributed by atoms with Crippen LogP contribution in [0.2, 0.25) is 0 Å². The maximum Gasteiger partial charge on any atom is 0.185 e. The average molecular weight is 428 g/mol. The van der Waals surface area contributed by atoms with Gasteiger partial charge >= 0.3 is 0 Å². The molecule has 2 aliphatic rings. The molecule has 0 spiro atoms. The molecule has 2 aliphatic heterocycles. The lowest BCUT2D eigenvalue weighted by atomic mass is 10.1. The second kappa shape index (κ2) is 8.38. The smallest absolute Gasteiger partial charge is 0.185 e. The van der Waals surface area contributed by atoms with E-state index in [1.807, 2.05) is 42.8 Å². The lowest BCUT2D eigenvalue weighted by Crippen LogP contribution is -2.29. The number of carbonyl (C=O) groups excluding carboxylic acids is 1. The molecular weight excluding hydrogens is 398 g/mol. The SMILES string of the molecule is Cc1nn([C@@H]2CCS(=O)(=O)C2)c(C)c1/C=C/C(=O)c1ccc(N2CCCCC2)cc1. The summed E-state index contributed by atoms with van der Waals surface area (Å²) in [5.41, 5.74) is 4.43. The number of rotatable bonds is 5. The number of sulfone groups is 1. The van der Waals surface area contributed by atoms with Gasteiger partial charge in [-0.2, -0.15) is 5.10 Å². The van der Waals surface area contributed by atoms with Crippen molar-refractivity contribution < 1.29 is 13.2 Å². The highest BCUT2D eigenvalue weighted by Gasteiger charge is 2.31. The van der Waals surface area contributed by atoms with E-state index in [0.717, 1.165) is 30.0 Å². The van der Waals surface area contributed by atoms with Crippen molar-refractivity contribution in [2.75, 3.05) is 29.5 Å². The Labute approximate surface area is 178 Å². The van der Waals surface area contributed by atoms with Crippen LogP contribution in [0.1, 0.15) is 59.0 Å². The van der Waals surface area contributed by atoms with Crippen LogP contribution in [0.5, 0.6) is 0 Å². The molecule has 1 aromatic carbocycles. The Kier molecular flexibility index (Phi) is 5.82. The summed E-state index contributed by atoms with van der Waals surface area (Å²) in [6.07, 6.45) is 7.73. The molecule has 1 aromatic heterocycles. The van der Waals surface area contributed by atoms with E-state index in [0.29, 0.717) is 12.0 Å². The van der Waals surface area contributed by atoms with Crippen LogP contribution in [0.25, 0.3) is 6.08 Å². The second-order valence-electron chi connectivity index (χ2n) is 8.38. The maximum atomic E-state index is 12.7. The number of hydrogen-bond acceptors (Lipinski definition) is 5. The summed E-state index contributed by atoms with van der Waals surface area (Å²) in [7, 11) is -2.97. The molecule has 0 saturated carbocycles. The average Bonchev–Trinajstić information content (AvgIpc) is 3.25. The lowest BCUT2D eigenvalue weighted by Gasteiger charge is -2.28. The number of allylic oxidation sites excluding steroid dienone is 1. The van der Waals surface area contributed by atoms with E-state index in [1.165, 1.54) is 24.9 Å². The third-order valence-electron chi connectivity index (χ3n) is 6.21. The van der Waals surface area contributed by atoms with Gasteiger partial charge in [0.2, 0.25) is 0 Å². The van der Waals surface area contributed by atoms with Crippen LogP contribution >= 0.6 is 0 Å². The van der Waals surface area contributed by atoms with Crippen LogP contribution < -0.4 is 4.90 Å². The van der Waals surface area contributed by atoms with Gasteiger partial charge in [0.1, 0.15) is 0 Å². The highest BCUT2D eigenvalue weighted by atomic mass is 32.2. The van der Waals surface area contributed by atoms with Crippen molar-refractivity contribution in [2.45, 2.75) is 45.6 Å². The van der Waals surface area contributed by atoms with Gasteiger partial charge in [0.25, 0.3) is 0 Å². The van der Waals surface area contributed by atoms with Crippen LogP contribution in [0.3, 0.4) is 0 Å². The van der Waals surface area contributed by atoms with Gasteiger partial charge < -0.3 is 4.90 Å². The first-order chi connectivity index (χ1) is 14.3. The Morgan fingerprint density at radius 3 is 2.43 bits per heavy atom. The Bertz CT molecular complexity index is 1060. The van der Waals surface area contributed by atoms with Crippen molar-refractivity contribution in [3.63, 3.8) is 0 Å². The number of nitrogens with zero attached hydrogens (tertiary/aromatic N) is 3. The van der Waals surface area contributed by atoms with Gasteiger partial charge in [-0.05, 0) is 75.9 Å². The minimum Gasteiger partial charge on any atom is -0.372 e. The fraction of sp³-hybridized carbons (Fsp3) is 0.478. The summed E-state index contributed by atoms with van der Waals surface area (Å²) < 4.78 is 25.4. The van der Waals surface area contributed by atoms with Crippen molar-refractivity contribution in [1.29, 1.82) is 0 Å². The topological polar surface area (TPSA) is 72.3 Å². The number of benzene rings is 1. The van der Waals surface area contributed by atoms with Crippen LogP contribution in [-0.2, 0) is 9.84 Å². The van der Waals surface area contributed by atoms with E-state index >= 15 is 0 Å². The van der Waals surface area contributed by atoms with E-state index in [4.69, 9.17) is 0 Å². The predicted molar refractivity (Wildman–Crippen MR) is 120 cm³/mol. The van der Waals surface area contributed by atoms with E-state index in [-0.39, 0.29) is 23.3 Å². The molecule has 4 rings (SSSR count). The lowest BCUT2D eigenvalue weighted by molar-refractivity contribution is 0.104. The van der Waals surface area contributed by atoms with Crippen LogP contribution in [0, 0.1) is 13.8 Å². The molecule has 3 heterocycles. The Balaban J connectivity index is 1.47. The van der Waals surface area contributed by atoms with Crippen molar-refractivity contribution in [3.8, 4) is 0 Å². The zero-order valence-electron chi connectivity index (χ0n) is 17.7. The van der Waals surface area contributed by atoms with Gasteiger partial charge in [0, 0.05) is 35.6 Å². The zero-order chi connectivity index (χ0) is 21.3. The van der Waals surface area contributed by atoms with Crippen molar-refractivity contribution in [1.82, 2.24) is 9.78 Å². The molecule has 0 N–H and O–H groups in total. The van der Waals surface area contributed by atoms with E-state index in [9.17, 15) is 13.2 Å². The van der Waals surface area contributed by atoms with Crippen molar-refractivity contribution in [2.24, 2.45) is 0 Å². The molecule has 2 saturated heterocycles. The third kappa shape index (κ3) is 4.36. The number of piperidine rings is 1. The fourth-order valence-electron chi connectivity index (χ4n) is 4.48. The molecule has 30 heavy (non-hydrogen) atoms. The fourth-order valence-corrected chi connectivity index (χ4v) is 6.18. The monoisotopic (exact) mass is 427 g/mol. The predicted octanol–water partition coefficient (Wildman–Crippen LogP) is 3.75. The Hall–Kier alpha value is -2.41. The first kappa shape index (κ1) is 20.8. The molecule has 0 amide bonds. The first-order valence-corrected chi connectivity index (χ1v) is 12.5. The van der Waals surface area contributed by atoms with Gasteiger partial charge in [-0.3, -0.25) is 9.48 Å². The van der Waals surface area contributed by atoms with E-state index < -0.39 is 9.84 Å².